The van der Waals surface area contributed by atoms with Gasteiger partial charge in [0.05, 0.1) is 0 Å². The zero-order valence-electron chi connectivity index (χ0n) is 17.9. The maximum absolute atomic E-state index is 12.1. The van der Waals surface area contributed by atoms with Gasteiger partial charge in [-0.2, -0.15) is 11.8 Å². The highest BCUT2D eigenvalue weighted by Gasteiger charge is 2.39. The molecule has 2 aliphatic carbocycles. The molecule has 0 amide bonds. The predicted octanol–water partition coefficient (Wildman–Crippen LogP) is 5.78. The van der Waals surface area contributed by atoms with Crippen molar-refractivity contribution in [3.8, 4) is 5.75 Å². The summed E-state index contributed by atoms with van der Waals surface area (Å²) in [5.74, 6) is 2.81. The Balaban J connectivity index is 1.53. The number of carbonyl (C=O) groups excluding carboxylic acids is 1. The maximum Gasteiger partial charge on any atom is 0.330 e. The maximum atomic E-state index is 12.1. The lowest BCUT2D eigenvalue weighted by molar-refractivity contribution is -0.137. The number of thioether (sulfide) groups is 1. The Kier molecular flexibility index (Phi) is 6.48. The van der Waals surface area contributed by atoms with Crippen molar-refractivity contribution in [3.63, 3.8) is 0 Å². The van der Waals surface area contributed by atoms with E-state index in [0.717, 1.165) is 45.1 Å². The number of hydrogen-bond acceptors (Lipinski definition) is 4. The van der Waals surface area contributed by atoms with Crippen LogP contribution in [0.1, 0.15) is 68.7 Å². The molecule has 2 bridgehead atoms. The fourth-order valence-corrected chi connectivity index (χ4v) is 6.02. The highest BCUT2D eigenvalue weighted by Crippen LogP contribution is 2.49. The average molecular weight is 403 g/mol. The van der Waals surface area contributed by atoms with E-state index >= 15 is 0 Å². The average Bonchev–Trinajstić information content (AvgIpc) is 3.25. The molecule has 2 aliphatic rings. The van der Waals surface area contributed by atoms with Gasteiger partial charge in [-0.05, 0) is 79.2 Å². The molecular formula is C24H34O3S. The molecule has 3 unspecified atom stereocenters. The number of carbonyl (C=O) groups is 1. The molecule has 1 aromatic carbocycles. The Bertz CT molecular complexity index is 760. The normalized spacial score (nSPS) is 24.2. The lowest BCUT2D eigenvalue weighted by Gasteiger charge is -2.23. The predicted molar refractivity (Wildman–Crippen MR) is 118 cm³/mol. The van der Waals surface area contributed by atoms with Gasteiger partial charge in [-0.25, -0.2) is 4.79 Å². The minimum Gasteiger partial charge on any atom is -0.507 e. The number of esters is 1. The van der Waals surface area contributed by atoms with Crippen LogP contribution < -0.4 is 0 Å². The smallest absolute Gasteiger partial charge is 0.330 e. The van der Waals surface area contributed by atoms with E-state index in [9.17, 15) is 9.90 Å². The first kappa shape index (κ1) is 21.3. The van der Waals surface area contributed by atoms with Gasteiger partial charge in [0.25, 0.3) is 0 Å². The summed E-state index contributed by atoms with van der Waals surface area (Å²) < 4.78 is 5.40. The van der Waals surface area contributed by atoms with Crippen molar-refractivity contribution in [1.29, 1.82) is 0 Å². The van der Waals surface area contributed by atoms with Crippen LogP contribution in [0, 0.1) is 25.7 Å². The summed E-state index contributed by atoms with van der Waals surface area (Å²) in [6, 6.07) is 1.98. The molecule has 3 rings (SSSR count). The van der Waals surface area contributed by atoms with Crippen LogP contribution in [0.4, 0.5) is 0 Å². The van der Waals surface area contributed by atoms with Crippen molar-refractivity contribution >= 4 is 23.8 Å². The van der Waals surface area contributed by atoms with E-state index in [0.29, 0.717) is 12.4 Å². The zero-order valence-corrected chi connectivity index (χ0v) is 18.7. The molecule has 3 atom stereocenters. The summed E-state index contributed by atoms with van der Waals surface area (Å²) in [5.41, 5.74) is 3.53. The number of hydrogen-bond donors (Lipinski definition) is 1. The standard InChI is InChI=1S/C24H34O3S/c1-15-16(2)23(26)20(24(3,4)5)14-18(15)8-9-22(25)27-10-11-28-21-13-17-6-7-19(21)12-17/h8-9,14,17,19,21,26H,6-7,10-13H2,1-5H3. The number of benzene rings is 1. The lowest BCUT2D eigenvalue weighted by Crippen LogP contribution is -2.15. The van der Waals surface area contributed by atoms with Gasteiger partial charge in [-0.1, -0.05) is 27.2 Å². The van der Waals surface area contributed by atoms with Crippen LogP contribution in [0.25, 0.3) is 6.08 Å². The Hall–Kier alpha value is -1.42. The fraction of sp³-hybridized carbons (Fsp3) is 0.625. The van der Waals surface area contributed by atoms with Gasteiger partial charge in [-0.15, -0.1) is 0 Å². The molecule has 0 saturated heterocycles. The van der Waals surface area contributed by atoms with Crippen LogP contribution in [0.3, 0.4) is 0 Å². The molecular weight excluding hydrogens is 368 g/mol. The molecule has 154 valence electrons. The van der Waals surface area contributed by atoms with Gasteiger partial charge >= 0.3 is 5.97 Å². The number of ether oxygens (including phenoxy) is 1. The number of rotatable bonds is 6. The molecule has 28 heavy (non-hydrogen) atoms. The van der Waals surface area contributed by atoms with Crippen LogP contribution in [-0.4, -0.2) is 28.7 Å². The van der Waals surface area contributed by atoms with Crippen LogP contribution in [-0.2, 0) is 14.9 Å². The lowest BCUT2D eigenvalue weighted by atomic mass is 9.82. The Morgan fingerprint density at radius 1 is 1.25 bits per heavy atom. The third kappa shape index (κ3) is 4.76. The summed E-state index contributed by atoms with van der Waals surface area (Å²) >= 11 is 1.99. The van der Waals surface area contributed by atoms with Gasteiger partial charge in [-0.3, -0.25) is 0 Å². The van der Waals surface area contributed by atoms with Crippen LogP contribution in [0.2, 0.25) is 0 Å². The summed E-state index contributed by atoms with van der Waals surface area (Å²) in [4.78, 5) is 12.1. The van der Waals surface area contributed by atoms with Gasteiger partial charge < -0.3 is 9.84 Å². The van der Waals surface area contributed by atoms with E-state index in [1.807, 2.05) is 37.8 Å². The molecule has 4 heteroatoms. The van der Waals surface area contributed by atoms with E-state index in [-0.39, 0.29) is 11.4 Å². The summed E-state index contributed by atoms with van der Waals surface area (Å²) in [5, 5.41) is 11.3. The van der Waals surface area contributed by atoms with Gasteiger partial charge in [0.15, 0.2) is 0 Å². The SMILES string of the molecule is Cc1c(C=CC(=O)OCCSC2CC3CCC2C3)cc(C(C)(C)C)c(O)c1C. The zero-order chi connectivity index (χ0) is 20.5. The Labute approximate surface area is 173 Å². The van der Waals surface area contributed by atoms with Crippen molar-refractivity contribution in [2.24, 2.45) is 11.8 Å². The number of aromatic hydroxyl groups is 1. The number of fused-ring (bicyclic) bond motifs is 2. The van der Waals surface area contributed by atoms with Crippen molar-refractivity contribution in [2.75, 3.05) is 12.4 Å². The first-order chi connectivity index (χ1) is 13.2. The third-order valence-corrected chi connectivity index (χ3v) is 7.85. The van der Waals surface area contributed by atoms with Crippen LogP contribution >= 0.6 is 11.8 Å². The number of phenolic OH excluding ortho intramolecular Hbond substituents is 1. The molecule has 0 spiro atoms. The number of phenols is 1. The molecule has 0 heterocycles. The largest absolute Gasteiger partial charge is 0.507 e. The van der Waals surface area contributed by atoms with E-state index < -0.39 is 0 Å². The highest BCUT2D eigenvalue weighted by atomic mass is 32.2. The Morgan fingerprint density at radius 2 is 2.00 bits per heavy atom. The fourth-order valence-electron chi connectivity index (χ4n) is 4.61. The van der Waals surface area contributed by atoms with Gasteiger partial charge in [0.1, 0.15) is 12.4 Å². The molecule has 1 N–H and O–H groups in total. The van der Waals surface area contributed by atoms with Crippen molar-refractivity contribution in [3.05, 3.63) is 34.4 Å². The summed E-state index contributed by atoms with van der Waals surface area (Å²) in [6.45, 7) is 10.6. The molecule has 0 aliphatic heterocycles. The van der Waals surface area contributed by atoms with Crippen molar-refractivity contribution in [1.82, 2.24) is 0 Å². The second-order valence-electron chi connectivity index (χ2n) is 9.45. The van der Waals surface area contributed by atoms with Gasteiger partial charge in [0.2, 0.25) is 0 Å². The minimum absolute atomic E-state index is 0.164. The molecule has 0 aromatic heterocycles. The first-order valence-electron chi connectivity index (χ1n) is 10.5. The molecule has 2 saturated carbocycles. The molecule has 2 fully saturated rings. The monoisotopic (exact) mass is 402 g/mol. The van der Waals surface area contributed by atoms with Crippen LogP contribution in [0.5, 0.6) is 5.75 Å². The molecule has 0 radical (unpaired) electrons. The second-order valence-corrected chi connectivity index (χ2v) is 10.8. The van der Waals surface area contributed by atoms with E-state index in [4.69, 9.17) is 4.74 Å². The molecule has 1 aromatic rings. The highest BCUT2D eigenvalue weighted by molar-refractivity contribution is 7.99. The quantitative estimate of drug-likeness (QED) is 0.372. The van der Waals surface area contributed by atoms with Gasteiger partial charge in [0, 0.05) is 22.6 Å². The van der Waals surface area contributed by atoms with Crippen molar-refractivity contribution in [2.45, 2.75) is 71.0 Å². The minimum atomic E-state index is -0.295. The Morgan fingerprint density at radius 3 is 2.61 bits per heavy atom. The van der Waals surface area contributed by atoms with E-state index in [1.54, 1.807) is 0 Å². The second kappa shape index (κ2) is 8.52. The third-order valence-electron chi connectivity index (χ3n) is 6.45. The topological polar surface area (TPSA) is 46.5 Å². The van der Waals surface area contributed by atoms with Crippen LogP contribution in [0.15, 0.2) is 12.1 Å². The first-order valence-corrected chi connectivity index (χ1v) is 11.5. The summed E-state index contributed by atoms with van der Waals surface area (Å²) in [7, 11) is 0. The molecule has 3 nitrogen and oxygen atoms in total. The summed E-state index contributed by atoms with van der Waals surface area (Å²) in [6.07, 6.45) is 8.91. The van der Waals surface area contributed by atoms with E-state index in [1.165, 1.54) is 31.8 Å². The van der Waals surface area contributed by atoms with Crippen molar-refractivity contribution < 1.29 is 14.6 Å². The van der Waals surface area contributed by atoms with E-state index in [2.05, 4.69) is 20.8 Å².